The highest BCUT2D eigenvalue weighted by Crippen LogP contribution is 2.12. The van der Waals surface area contributed by atoms with Crippen LogP contribution in [-0.4, -0.2) is 16.0 Å². The summed E-state index contributed by atoms with van der Waals surface area (Å²) in [6.07, 6.45) is 1.52. The van der Waals surface area contributed by atoms with Crippen LogP contribution in [0.15, 0.2) is 6.33 Å². The molecule has 1 aliphatic heterocycles. The third-order valence-electron chi connectivity index (χ3n) is 1.25. The fourth-order valence-corrected chi connectivity index (χ4v) is 0.795. The van der Waals surface area contributed by atoms with E-state index >= 15 is 0 Å². The number of rotatable bonds is 0. The molecule has 2 amide bonds. The zero-order chi connectivity index (χ0) is 6.97. The quantitative estimate of drug-likeness (QED) is 0.473. The van der Waals surface area contributed by atoms with Gasteiger partial charge < -0.3 is 10.3 Å². The maximum atomic E-state index is 10.6. The second kappa shape index (κ2) is 1.73. The van der Waals surface area contributed by atoms with E-state index in [0.29, 0.717) is 5.82 Å². The van der Waals surface area contributed by atoms with Crippen molar-refractivity contribution < 1.29 is 4.79 Å². The van der Waals surface area contributed by atoms with E-state index in [9.17, 15) is 4.79 Å². The molecule has 51 valence electrons. The molecule has 1 aromatic rings. The highest BCUT2D eigenvalue weighted by molar-refractivity contribution is 5.92. The number of amides is 2. The van der Waals surface area contributed by atoms with Crippen molar-refractivity contribution in [2.24, 2.45) is 0 Å². The molecule has 0 saturated carbocycles. The first-order valence-electron chi connectivity index (χ1n) is 2.80. The summed E-state index contributed by atoms with van der Waals surface area (Å²) in [5, 5.41) is 4.99. The van der Waals surface area contributed by atoms with Crippen molar-refractivity contribution in [3.63, 3.8) is 0 Å². The molecule has 10 heavy (non-hydrogen) atoms. The average molecular weight is 137 g/mol. The number of nitrogens with zero attached hydrogens (tertiary/aromatic N) is 1. The Labute approximate surface area is 56.8 Å². The summed E-state index contributed by atoms with van der Waals surface area (Å²) in [5.74, 6) is 0.573. The van der Waals surface area contributed by atoms with Crippen LogP contribution < -0.4 is 10.6 Å². The molecule has 0 bridgehead atoms. The minimum absolute atomic E-state index is 0.250. The van der Waals surface area contributed by atoms with Crippen LogP contribution in [-0.2, 0) is 0 Å². The molecule has 0 aromatic carbocycles. The summed E-state index contributed by atoms with van der Waals surface area (Å²) in [6, 6.07) is -0.250. The Morgan fingerprint density at radius 2 is 2.40 bits per heavy atom. The number of hydrogen-bond acceptors (Lipinski definition) is 2. The molecule has 1 aliphatic rings. The van der Waals surface area contributed by atoms with E-state index in [1.165, 1.54) is 6.33 Å². The lowest BCUT2D eigenvalue weighted by molar-refractivity contribution is 0.253. The number of H-pyrrole nitrogens is 1. The van der Waals surface area contributed by atoms with Gasteiger partial charge in [0.2, 0.25) is 0 Å². The largest absolute Gasteiger partial charge is 0.345 e. The van der Waals surface area contributed by atoms with Gasteiger partial charge in [0, 0.05) is 0 Å². The average Bonchev–Trinajstić information content (AvgIpc) is 2.33. The Morgan fingerprint density at radius 1 is 1.50 bits per heavy atom. The number of hydrogen-bond donors (Lipinski definition) is 3. The van der Waals surface area contributed by atoms with Gasteiger partial charge in [-0.3, -0.25) is 5.32 Å². The molecule has 3 N–H and O–H groups in total. The van der Waals surface area contributed by atoms with Gasteiger partial charge in [0.05, 0.1) is 12.0 Å². The van der Waals surface area contributed by atoms with Gasteiger partial charge in [0.15, 0.2) is 5.82 Å². The number of aromatic amines is 1. The van der Waals surface area contributed by atoms with Gasteiger partial charge in [0.1, 0.15) is 6.54 Å². The lowest BCUT2D eigenvalue weighted by Gasteiger charge is -2.11. The number of imidazole rings is 1. The Morgan fingerprint density at radius 3 is 3.30 bits per heavy atom. The monoisotopic (exact) mass is 137 g/mol. The lowest BCUT2D eigenvalue weighted by atomic mass is 10.4. The van der Waals surface area contributed by atoms with Crippen LogP contribution >= 0.6 is 0 Å². The topological polar surface area (TPSA) is 69.8 Å². The Hall–Kier alpha value is -1.52. The summed E-state index contributed by atoms with van der Waals surface area (Å²) in [5.41, 5.74) is 0.791. The number of fused-ring (bicyclic) bond motifs is 1. The number of nitrogens with one attached hydrogen (secondary N) is 3. The number of carbonyl (C=O) groups excluding carboxylic acids is 1. The van der Waals surface area contributed by atoms with E-state index in [1.54, 1.807) is 6.54 Å². The molecule has 1 aromatic heterocycles. The van der Waals surface area contributed by atoms with Crippen molar-refractivity contribution in [1.82, 2.24) is 15.3 Å². The zero-order valence-corrected chi connectivity index (χ0v) is 5.01. The minimum atomic E-state index is -0.250. The predicted octanol–water partition coefficient (Wildman–Crippen LogP) is 0.0547. The fourth-order valence-electron chi connectivity index (χ4n) is 0.795. The summed E-state index contributed by atoms with van der Waals surface area (Å²) < 4.78 is 0. The van der Waals surface area contributed by atoms with Crippen molar-refractivity contribution in [1.29, 1.82) is 0 Å². The SMILES string of the molecule is O=C1N[CH]c2[nH]cnc2N1. The van der Waals surface area contributed by atoms with Gasteiger partial charge in [-0.05, 0) is 0 Å². The third kappa shape index (κ3) is 0.637. The van der Waals surface area contributed by atoms with Crippen LogP contribution in [0.2, 0.25) is 0 Å². The molecule has 2 heterocycles. The standard InChI is InChI=1S/C5H5N4O/c10-5-6-1-3-4(9-5)8-2-7-3/h1-2H,(H,7,8)(H2,6,9,10). The van der Waals surface area contributed by atoms with E-state index in [-0.39, 0.29) is 6.03 Å². The van der Waals surface area contributed by atoms with Crippen LogP contribution in [0.25, 0.3) is 0 Å². The normalized spacial score (nSPS) is 15.4. The highest BCUT2D eigenvalue weighted by Gasteiger charge is 2.15. The van der Waals surface area contributed by atoms with E-state index in [2.05, 4.69) is 20.6 Å². The first kappa shape index (κ1) is 5.28. The summed E-state index contributed by atoms with van der Waals surface area (Å²) >= 11 is 0. The van der Waals surface area contributed by atoms with E-state index in [4.69, 9.17) is 0 Å². The second-order valence-electron chi connectivity index (χ2n) is 1.91. The first-order chi connectivity index (χ1) is 4.86. The van der Waals surface area contributed by atoms with Crippen molar-refractivity contribution in [2.75, 3.05) is 5.32 Å². The molecule has 0 unspecified atom stereocenters. The summed E-state index contributed by atoms with van der Waals surface area (Å²) in [6.45, 7) is 1.57. The highest BCUT2D eigenvalue weighted by atomic mass is 16.2. The number of anilines is 1. The van der Waals surface area contributed by atoms with Crippen molar-refractivity contribution >= 4 is 11.8 Å². The Bertz CT molecular complexity index is 266. The minimum Gasteiger partial charge on any atom is -0.345 e. The maximum Gasteiger partial charge on any atom is 0.321 e. The molecule has 0 saturated heterocycles. The van der Waals surface area contributed by atoms with Gasteiger partial charge >= 0.3 is 6.03 Å². The van der Waals surface area contributed by atoms with Crippen LogP contribution in [0.5, 0.6) is 0 Å². The molecule has 0 aliphatic carbocycles. The molecule has 5 nitrogen and oxygen atoms in total. The van der Waals surface area contributed by atoms with Crippen LogP contribution in [0.1, 0.15) is 5.69 Å². The summed E-state index contributed by atoms with van der Waals surface area (Å²) in [7, 11) is 0. The molecule has 2 rings (SSSR count). The van der Waals surface area contributed by atoms with Gasteiger partial charge in [-0.1, -0.05) is 0 Å². The second-order valence-corrected chi connectivity index (χ2v) is 1.91. The smallest absolute Gasteiger partial charge is 0.321 e. The molecule has 0 atom stereocenters. The van der Waals surface area contributed by atoms with Gasteiger partial charge in [-0.2, -0.15) is 0 Å². The lowest BCUT2D eigenvalue weighted by Crippen LogP contribution is -2.31. The van der Waals surface area contributed by atoms with E-state index in [0.717, 1.165) is 5.69 Å². The van der Waals surface area contributed by atoms with Crippen molar-refractivity contribution in [3.8, 4) is 0 Å². The van der Waals surface area contributed by atoms with Crippen molar-refractivity contribution in [2.45, 2.75) is 0 Å². The Kier molecular flexibility index (Phi) is 0.913. The summed E-state index contributed by atoms with van der Waals surface area (Å²) in [4.78, 5) is 17.3. The number of aromatic nitrogens is 2. The third-order valence-corrected chi connectivity index (χ3v) is 1.25. The van der Waals surface area contributed by atoms with E-state index in [1.807, 2.05) is 0 Å². The molecule has 0 spiro atoms. The predicted molar refractivity (Wildman–Crippen MR) is 34.1 cm³/mol. The Balaban J connectivity index is 2.39. The van der Waals surface area contributed by atoms with Crippen molar-refractivity contribution in [3.05, 3.63) is 18.6 Å². The molecule has 0 fully saturated rings. The molecule has 5 heteroatoms. The molecular weight excluding hydrogens is 132 g/mol. The fraction of sp³-hybridized carbons (Fsp3) is 0. The van der Waals surface area contributed by atoms with Gasteiger partial charge in [0.25, 0.3) is 0 Å². The van der Waals surface area contributed by atoms with Crippen LogP contribution in [0.3, 0.4) is 0 Å². The first-order valence-corrected chi connectivity index (χ1v) is 2.80. The maximum absolute atomic E-state index is 10.6. The van der Waals surface area contributed by atoms with Gasteiger partial charge in [-0.25, -0.2) is 9.78 Å². The number of carbonyl (C=O) groups is 1. The van der Waals surface area contributed by atoms with E-state index < -0.39 is 0 Å². The zero-order valence-electron chi connectivity index (χ0n) is 5.01. The van der Waals surface area contributed by atoms with Crippen LogP contribution in [0.4, 0.5) is 10.6 Å². The molecular formula is C5H5N4O. The van der Waals surface area contributed by atoms with Crippen LogP contribution in [0, 0.1) is 6.54 Å². The number of urea groups is 1. The van der Waals surface area contributed by atoms with Gasteiger partial charge in [-0.15, -0.1) is 0 Å². The molecule has 1 radical (unpaired) electrons.